The molecule has 0 fully saturated rings. The Bertz CT molecular complexity index is 909. The fraction of sp³-hybridized carbons (Fsp3) is 0.111. The molecular formula is C18H20Br2N6S. The second-order valence-electron chi connectivity index (χ2n) is 5.45. The van der Waals surface area contributed by atoms with Crippen LogP contribution in [0.5, 0.6) is 0 Å². The largest absolute Gasteiger partial charge is 1.00 e. The summed E-state index contributed by atoms with van der Waals surface area (Å²) in [5.74, 6) is 0.771. The summed E-state index contributed by atoms with van der Waals surface area (Å²) in [6.07, 6.45) is 0. The molecule has 2 aromatic carbocycles. The minimum Gasteiger partial charge on any atom is -1.00 e. The lowest BCUT2D eigenvalue weighted by Crippen LogP contribution is -3.00. The Balaban J connectivity index is 0.00000121. The number of halogens is 2. The van der Waals surface area contributed by atoms with E-state index >= 15 is 0 Å². The van der Waals surface area contributed by atoms with E-state index in [1.807, 2.05) is 72.3 Å². The van der Waals surface area contributed by atoms with E-state index in [1.165, 1.54) is 4.88 Å². The van der Waals surface area contributed by atoms with E-state index in [4.69, 9.17) is 4.98 Å². The highest BCUT2D eigenvalue weighted by Crippen LogP contribution is 2.20. The summed E-state index contributed by atoms with van der Waals surface area (Å²) >= 11 is 1.64. The van der Waals surface area contributed by atoms with Crippen molar-refractivity contribution in [2.75, 3.05) is 0 Å². The van der Waals surface area contributed by atoms with Crippen LogP contribution in [0.15, 0.2) is 60.7 Å². The van der Waals surface area contributed by atoms with Gasteiger partial charge in [-0.3, -0.25) is 0 Å². The molecule has 0 saturated carbocycles. The van der Waals surface area contributed by atoms with Crippen molar-refractivity contribution in [3.8, 4) is 22.2 Å². The van der Waals surface area contributed by atoms with Gasteiger partial charge in [0.2, 0.25) is 0 Å². The van der Waals surface area contributed by atoms with E-state index in [2.05, 4.69) is 17.2 Å². The lowest BCUT2D eigenvalue weighted by molar-refractivity contribution is -0.669. The van der Waals surface area contributed by atoms with E-state index in [9.17, 15) is 0 Å². The maximum Gasteiger partial charge on any atom is 0.313 e. The third-order valence-corrected chi connectivity index (χ3v) is 4.88. The number of hydrogen-bond donors (Lipinski definition) is 1. The van der Waals surface area contributed by atoms with Gasteiger partial charge in [-0.15, -0.1) is 22.0 Å². The van der Waals surface area contributed by atoms with E-state index < -0.39 is 0 Å². The number of thiazole rings is 1. The molecule has 4 rings (SSSR count). The van der Waals surface area contributed by atoms with Crippen molar-refractivity contribution >= 4 is 28.3 Å². The summed E-state index contributed by atoms with van der Waals surface area (Å²) in [7, 11) is 0. The molecule has 142 valence electrons. The number of rotatable bonds is 3. The Hall–Kier alpha value is -1.94. The number of aryl methyl sites for hydroxylation is 2. The van der Waals surface area contributed by atoms with Crippen LogP contribution >= 0.6 is 28.3 Å². The average molecular weight is 512 g/mol. The number of hydrogen-bond acceptors (Lipinski definition) is 5. The highest BCUT2D eigenvalue weighted by atomic mass is 79.9. The molecule has 27 heavy (non-hydrogen) atoms. The molecule has 0 unspecified atom stereocenters. The average Bonchev–Trinajstić information content (AvgIpc) is 3.20. The Morgan fingerprint density at radius 2 is 1.52 bits per heavy atom. The third-order valence-electron chi connectivity index (χ3n) is 3.83. The summed E-state index contributed by atoms with van der Waals surface area (Å²) < 4.78 is 1.97. The molecule has 0 radical (unpaired) electrons. The van der Waals surface area contributed by atoms with Crippen LogP contribution in [-0.2, 0) is 0 Å². The predicted octanol–water partition coefficient (Wildman–Crippen LogP) is 1.03. The van der Waals surface area contributed by atoms with Crippen molar-refractivity contribution in [2.45, 2.75) is 13.8 Å². The van der Waals surface area contributed by atoms with Gasteiger partial charge in [-0.1, -0.05) is 52.4 Å². The Kier molecular flexibility index (Phi) is 8.42. The highest BCUT2D eigenvalue weighted by molar-refractivity contribution is 8.93. The summed E-state index contributed by atoms with van der Waals surface area (Å²) in [5, 5.41) is 9.65. The van der Waals surface area contributed by atoms with Crippen molar-refractivity contribution in [1.82, 2.24) is 26.2 Å². The normalized spacial score (nSPS) is 9.70. The van der Waals surface area contributed by atoms with Crippen LogP contribution in [-0.4, -0.2) is 20.1 Å². The van der Waals surface area contributed by atoms with Crippen molar-refractivity contribution in [3.05, 3.63) is 71.2 Å². The van der Waals surface area contributed by atoms with Crippen molar-refractivity contribution in [1.29, 1.82) is 0 Å². The lowest BCUT2D eigenvalue weighted by Gasteiger charge is -2.02. The van der Waals surface area contributed by atoms with Gasteiger partial charge in [-0.25, -0.2) is 0 Å². The van der Waals surface area contributed by atoms with Gasteiger partial charge in [0.25, 0.3) is 0 Å². The third kappa shape index (κ3) is 4.49. The molecule has 0 amide bonds. The molecule has 0 bridgehead atoms. The van der Waals surface area contributed by atoms with Crippen molar-refractivity contribution in [3.63, 3.8) is 0 Å². The van der Waals surface area contributed by atoms with Crippen molar-refractivity contribution in [2.24, 2.45) is 0 Å². The van der Waals surface area contributed by atoms with Crippen LogP contribution in [0.2, 0.25) is 0 Å². The molecule has 0 saturated heterocycles. The summed E-state index contributed by atoms with van der Waals surface area (Å²) in [5.41, 5.74) is 2.98. The van der Waals surface area contributed by atoms with E-state index in [-0.39, 0.29) is 40.1 Å². The van der Waals surface area contributed by atoms with Crippen molar-refractivity contribution < 1.29 is 21.7 Å². The van der Waals surface area contributed by atoms with Gasteiger partial charge in [0.1, 0.15) is 16.6 Å². The zero-order chi connectivity index (χ0) is 16.5. The molecule has 9 heteroatoms. The first-order valence-electron chi connectivity index (χ1n) is 7.67. The Labute approximate surface area is 183 Å². The van der Waals surface area contributed by atoms with E-state index in [0.717, 1.165) is 27.9 Å². The summed E-state index contributed by atoms with van der Waals surface area (Å²) in [6.45, 7) is 4.10. The molecule has 6 nitrogen and oxygen atoms in total. The lowest BCUT2D eigenvalue weighted by atomic mass is 10.2. The van der Waals surface area contributed by atoms with Crippen LogP contribution in [0.3, 0.4) is 0 Å². The Morgan fingerprint density at radius 1 is 0.926 bits per heavy atom. The first-order valence-corrected chi connectivity index (χ1v) is 8.49. The molecule has 0 aliphatic carbocycles. The zero-order valence-electron chi connectivity index (χ0n) is 14.9. The smallest absolute Gasteiger partial charge is 0.313 e. The topological polar surface area (TPSA) is 82.5 Å². The van der Waals surface area contributed by atoms with Crippen LogP contribution in [0.1, 0.15) is 10.6 Å². The van der Waals surface area contributed by atoms with Gasteiger partial charge in [0.05, 0.1) is 5.10 Å². The maximum atomic E-state index is 4.71. The van der Waals surface area contributed by atoms with Gasteiger partial charge in [0.15, 0.2) is 0 Å². The fourth-order valence-corrected chi connectivity index (χ4v) is 3.37. The molecule has 2 aromatic heterocycles. The first-order chi connectivity index (χ1) is 11.7. The summed E-state index contributed by atoms with van der Waals surface area (Å²) in [6, 6.07) is 20.0. The number of aromatic nitrogens is 5. The molecule has 3 N–H and O–H groups in total. The zero-order valence-corrected chi connectivity index (χ0v) is 19.0. The molecule has 0 spiro atoms. The van der Waals surface area contributed by atoms with E-state index in [0.29, 0.717) is 0 Å². The van der Waals surface area contributed by atoms with Crippen LogP contribution < -0.4 is 27.8 Å². The van der Waals surface area contributed by atoms with Gasteiger partial charge < -0.3 is 23.1 Å². The van der Waals surface area contributed by atoms with Crippen LogP contribution in [0.4, 0.5) is 0 Å². The Morgan fingerprint density at radius 3 is 2.07 bits per heavy atom. The summed E-state index contributed by atoms with van der Waals surface area (Å²) in [4.78, 5) is 7.69. The second kappa shape index (κ2) is 9.84. The van der Waals surface area contributed by atoms with Gasteiger partial charge in [-0.05, 0) is 42.9 Å². The van der Waals surface area contributed by atoms with E-state index in [1.54, 1.807) is 16.1 Å². The maximum absolute atomic E-state index is 4.71. The van der Waals surface area contributed by atoms with Crippen LogP contribution in [0.25, 0.3) is 22.2 Å². The minimum absolute atomic E-state index is 0. The van der Waals surface area contributed by atoms with Gasteiger partial charge in [-0.2, -0.15) is 0 Å². The number of benzene rings is 2. The van der Waals surface area contributed by atoms with Crippen LogP contribution in [0, 0.1) is 13.8 Å². The first kappa shape index (κ1) is 23.1. The number of nitrogens with zero attached hydrogens (tertiary/aromatic N) is 5. The molecule has 4 aromatic rings. The molecule has 2 heterocycles. The fourth-order valence-electron chi connectivity index (χ4n) is 2.47. The molecular weight excluding hydrogens is 492 g/mol. The predicted molar refractivity (Wildman–Crippen MR) is 109 cm³/mol. The number of para-hydroxylation sites is 1. The number of tetrazole rings is 1. The highest BCUT2D eigenvalue weighted by Gasteiger charge is 2.26. The minimum atomic E-state index is 0. The van der Waals surface area contributed by atoms with Gasteiger partial charge in [0, 0.05) is 10.4 Å². The standard InChI is InChI=1S/C18H16N5S.2BrH.H3N/c1-13-14(2)24-18(19-13)22-17(15-9-5-3-6-10-15)20-21-23(22)16-11-7-4-8-12-16;;;/h3-12H,1-2H3;2*1H;1H3/q+1;;;/p-1. The molecule has 0 atom stereocenters. The molecule has 0 aliphatic heterocycles. The molecule has 0 aliphatic rings. The van der Waals surface area contributed by atoms with Gasteiger partial charge >= 0.3 is 11.0 Å². The second-order valence-corrected chi connectivity index (χ2v) is 6.64. The SMILES string of the molecule is Br.Cc1nc(-[n+]2c(-c3ccccc3)nnn2-c2ccccc2)sc1C.N.[Br-]. The quantitative estimate of drug-likeness (QED) is 0.416. The monoisotopic (exact) mass is 510 g/mol.